The molecule has 1 atom stereocenters. The molecule has 2 heterocycles. The van der Waals surface area contributed by atoms with Gasteiger partial charge in [-0.3, -0.25) is 0 Å². The van der Waals surface area contributed by atoms with Crippen LogP contribution in [0.5, 0.6) is 17.2 Å². The molecule has 2 N–H and O–H groups in total. The van der Waals surface area contributed by atoms with Crippen LogP contribution < -0.4 is 24.8 Å². The molecule has 2 amide bonds. The fourth-order valence-corrected chi connectivity index (χ4v) is 3.82. The van der Waals surface area contributed by atoms with Crippen LogP contribution in [0.15, 0.2) is 40.9 Å². The van der Waals surface area contributed by atoms with Crippen molar-refractivity contribution >= 4 is 22.0 Å². The molecule has 0 fully saturated rings. The zero-order valence-electron chi connectivity index (χ0n) is 15.9. The minimum Gasteiger partial charge on any atom is -0.493 e. The highest BCUT2D eigenvalue weighted by Crippen LogP contribution is 2.36. The zero-order valence-corrected chi connectivity index (χ0v) is 17.5. The van der Waals surface area contributed by atoms with E-state index in [1.54, 1.807) is 0 Å². The summed E-state index contributed by atoms with van der Waals surface area (Å²) in [5.41, 5.74) is 1.82. The van der Waals surface area contributed by atoms with Gasteiger partial charge in [0.2, 0.25) is 6.79 Å². The van der Waals surface area contributed by atoms with Crippen molar-refractivity contribution in [3.05, 3.63) is 52.0 Å². The molecule has 0 spiro atoms. The Hall–Kier alpha value is -2.41. The SMILES string of the molecule is CC(C)(CNC(=O)NC1CCOc2ccc(Br)cc21)c1ccc2c(c1)OCO2. The van der Waals surface area contributed by atoms with Crippen LogP contribution in [0, 0.1) is 0 Å². The second-order valence-corrected chi connectivity index (χ2v) is 8.57. The number of hydrogen-bond acceptors (Lipinski definition) is 4. The van der Waals surface area contributed by atoms with Crippen LogP contribution >= 0.6 is 15.9 Å². The van der Waals surface area contributed by atoms with Crippen LogP contribution in [0.1, 0.15) is 37.4 Å². The summed E-state index contributed by atoms with van der Waals surface area (Å²) in [6.07, 6.45) is 0.739. The minimum atomic E-state index is -0.255. The van der Waals surface area contributed by atoms with Crippen molar-refractivity contribution in [2.24, 2.45) is 0 Å². The van der Waals surface area contributed by atoms with Gasteiger partial charge in [-0.25, -0.2) is 4.79 Å². The number of carbonyl (C=O) groups is 1. The monoisotopic (exact) mass is 446 g/mol. The van der Waals surface area contributed by atoms with Gasteiger partial charge in [-0.05, 0) is 35.9 Å². The fourth-order valence-electron chi connectivity index (χ4n) is 3.45. The van der Waals surface area contributed by atoms with E-state index in [1.807, 2.05) is 36.4 Å². The second kappa shape index (κ2) is 7.54. The van der Waals surface area contributed by atoms with Crippen LogP contribution in [-0.2, 0) is 5.41 Å². The predicted molar refractivity (Wildman–Crippen MR) is 109 cm³/mol. The van der Waals surface area contributed by atoms with Crippen molar-refractivity contribution < 1.29 is 19.0 Å². The molecule has 4 rings (SSSR count). The van der Waals surface area contributed by atoms with Crippen molar-refractivity contribution in [3.8, 4) is 17.2 Å². The summed E-state index contributed by atoms with van der Waals surface area (Å²) in [5, 5.41) is 6.08. The van der Waals surface area contributed by atoms with E-state index < -0.39 is 0 Å². The number of carbonyl (C=O) groups excluding carboxylic acids is 1. The molecule has 2 aliphatic rings. The van der Waals surface area contributed by atoms with Gasteiger partial charge in [0, 0.05) is 28.4 Å². The molecule has 0 aromatic heterocycles. The maximum Gasteiger partial charge on any atom is 0.315 e. The van der Waals surface area contributed by atoms with Crippen LogP contribution in [0.25, 0.3) is 0 Å². The van der Waals surface area contributed by atoms with E-state index in [1.165, 1.54) is 0 Å². The van der Waals surface area contributed by atoms with Gasteiger partial charge in [0.25, 0.3) is 0 Å². The van der Waals surface area contributed by atoms with E-state index in [9.17, 15) is 4.79 Å². The molecule has 0 saturated heterocycles. The molecule has 2 aromatic carbocycles. The average molecular weight is 447 g/mol. The van der Waals surface area contributed by atoms with Gasteiger partial charge in [0.05, 0.1) is 12.6 Å². The van der Waals surface area contributed by atoms with Crippen molar-refractivity contribution in [1.29, 1.82) is 0 Å². The summed E-state index contributed by atoms with van der Waals surface area (Å²) < 4.78 is 17.5. The largest absolute Gasteiger partial charge is 0.493 e. The van der Waals surface area contributed by atoms with Crippen molar-refractivity contribution in [2.45, 2.75) is 31.7 Å². The van der Waals surface area contributed by atoms with Gasteiger partial charge in [0.1, 0.15) is 5.75 Å². The lowest BCUT2D eigenvalue weighted by Gasteiger charge is -2.29. The Labute approximate surface area is 172 Å². The number of fused-ring (bicyclic) bond motifs is 2. The van der Waals surface area contributed by atoms with E-state index in [-0.39, 0.29) is 24.3 Å². The first-order valence-corrected chi connectivity index (χ1v) is 10.1. The third-order valence-electron chi connectivity index (χ3n) is 5.16. The van der Waals surface area contributed by atoms with Gasteiger partial charge < -0.3 is 24.8 Å². The Kier molecular flexibility index (Phi) is 5.10. The van der Waals surface area contributed by atoms with Crippen LogP contribution in [0.2, 0.25) is 0 Å². The molecule has 0 radical (unpaired) electrons. The molecular formula is C21H23BrN2O4. The number of ether oxygens (including phenoxy) is 3. The number of benzene rings is 2. The average Bonchev–Trinajstić information content (AvgIpc) is 3.15. The third kappa shape index (κ3) is 3.90. The Morgan fingerprint density at radius 1 is 1.11 bits per heavy atom. The first-order valence-electron chi connectivity index (χ1n) is 9.29. The summed E-state index contributed by atoms with van der Waals surface area (Å²) in [6, 6.07) is 11.5. The Balaban J connectivity index is 1.39. The van der Waals surface area contributed by atoms with Gasteiger partial charge in [-0.2, -0.15) is 0 Å². The standard InChI is InChI=1S/C21H23BrN2O4/c1-21(2,13-3-5-18-19(9-13)28-12-27-18)11-23-20(25)24-16-7-8-26-17-6-4-14(22)10-15(16)17/h3-6,9-10,16H,7-8,11-12H2,1-2H3,(H2,23,24,25). The normalized spacial score (nSPS) is 17.5. The first kappa shape index (κ1) is 18.9. The number of hydrogen-bond donors (Lipinski definition) is 2. The van der Waals surface area contributed by atoms with Crippen molar-refractivity contribution in [1.82, 2.24) is 10.6 Å². The lowest BCUT2D eigenvalue weighted by Crippen LogP contribution is -2.44. The van der Waals surface area contributed by atoms with Crippen LogP contribution in [-0.4, -0.2) is 26.0 Å². The van der Waals surface area contributed by atoms with Gasteiger partial charge in [-0.1, -0.05) is 35.8 Å². The van der Waals surface area contributed by atoms with Crippen molar-refractivity contribution in [2.75, 3.05) is 19.9 Å². The molecule has 2 aromatic rings. The molecular weight excluding hydrogens is 424 g/mol. The topological polar surface area (TPSA) is 68.8 Å². The molecule has 28 heavy (non-hydrogen) atoms. The maximum atomic E-state index is 12.6. The van der Waals surface area contributed by atoms with Crippen LogP contribution in [0.4, 0.5) is 4.79 Å². The summed E-state index contributed by atoms with van der Waals surface area (Å²) in [5.74, 6) is 2.33. The minimum absolute atomic E-state index is 0.0742. The second-order valence-electron chi connectivity index (χ2n) is 7.65. The number of amides is 2. The van der Waals surface area contributed by atoms with Gasteiger partial charge in [-0.15, -0.1) is 0 Å². The Bertz CT molecular complexity index is 900. The zero-order chi connectivity index (χ0) is 19.7. The van der Waals surface area contributed by atoms with E-state index in [2.05, 4.69) is 40.4 Å². The highest BCUT2D eigenvalue weighted by atomic mass is 79.9. The third-order valence-corrected chi connectivity index (χ3v) is 5.65. The van der Waals surface area contributed by atoms with E-state index in [0.29, 0.717) is 13.2 Å². The van der Waals surface area contributed by atoms with Gasteiger partial charge >= 0.3 is 6.03 Å². The highest BCUT2D eigenvalue weighted by Gasteiger charge is 2.27. The smallest absolute Gasteiger partial charge is 0.315 e. The number of halogens is 1. The number of urea groups is 1. The van der Waals surface area contributed by atoms with E-state index >= 15 is 0 Å². The number of nitrogens with one attached hydrogen (secondary N) is 2. The van der Waals surface area contributed by atoms with Crippen molar-refractivity contribution in [3.63, 3.8) is 0 Å². The van der Waals surface area contributed by atoms with E-state index in [0.717, 1.165) is 39.3 Å². The number of rotatable bonds is 4. The summed E-state index contributed by atoms with van der Waals surface area (Å²) in [6.45, 7) is 5.51. The molecule has 0 saturated carbocycles. The lowest BCUT2D eigenvalue weighted by atomic mass is 9.84. The molecule has 0 aliphatic carbocycles. The summed E-state index contributed by atoms with van der Waals surface area (Å²) >= 11 is 3.49. The fraction of sp³-hybridized carbons (Fsp3) is 0.381. The lowest BCUT2D eigenvalue weighted by molar-refractivity contribution is 0.174. The first-order chi connectivity index (χ1) is 13.4. The van der Waals surface area contributed by atoms with Gasteiger partial charge in [0.15, 0.2) is 11.5 Å². The summed E-state index contributed by atoms with van der Waals surface area (Å²) in [4.78, 5) is 12.6. The Morgan fingerprint density at radius 3 is 2.75 bits per heavy atom. The molecule has 7 heteroatoms. The Morgan fingerprint density at radius 2 is 1.89 bits per heavy atom. The maximum absolute atomic E-state index is 12.6. The summed E-state index contributed by atoms with van der Waals surface area (Å²) in [7, 11) is 0. The quantitative estimate of drug-likeness (QED) is 0.735. The van der Waals surface area contributed by atoms with Crippen LogP contribution in [0.3, 0.4) is 0 Å². The molecule has 6 nitrogen and oxygen atoms in total. The predicted octanol–water partition coefficient (Wildman–Crippen LogP) is 4.28. The molecule has 2 aliphatic heterocycles. The highest BCUT2D eigenvalue weighted by molar-refractivity contribution is 9.10. The molecule has 1 unspecified atom stereocenters. The van der Waals surface area contributed by atoms with E-state index in [4.69, 9.17) is 14.2 Å². The molecule has 0 bridgehead atoms. The molecule has 148 valence electrons.